The van der Waals surface area contributed by atoms with E-state index in [-0.39, 0.29) is 5.91 Å². The quantitative estimate of drug-likeness (QED) is 0.861. The number of aromatic nitrogens is 1. The average Bonchev–Trinajstić information content (AvgIpc) is 3.08. The molecule has 0 aliphatic carbocycles. The lowest BCUT2D eigenvalue weighted by molar-refractivity contribution is 0.0596. The summed E-state index contributed by atoms with van der Waals surface area (Å²) < 4.78 is 0. The molecule has 1 amide bonds. The Hall–Kier alpha value is -1.68. The van der Waals surface area contributed by atoms with Crippen LogP contribution in [-0.2, 0) is 6.42 Å². The lowest BCUT2D eigenvalue weighted by Crippen LogP contribution is -2.44. The summed E-state index contributed by atoms with van der Waals surface area (Å²) in [6.07, 6.45) is 5.52. The zero-order valence-corrected chi connectivity index (χ0v) is 12.9. The van der Waals surface area contributed by atoms with Crippen molar-refractivity contribution in [2.45, 2.75) is 38.1 Å². The molecule has 1 aromatic heterocycles. The molecule has 2 aromatic rings. The Morgan fingerprint density at radius 2 is 2.14 bits per heavy atom. The molecule has 3 rings (SSSR count). The molecule has 3 nitrogen and oxygen atoms in total. The standard InChI is InChI=1S/C17H20N2OS/c20-17(16-12-21-13-18-16)19-11-5-4-8-15(19)10-9-14-6-2-1-3-7-14/h1-3,6-7,12-13,15H,4-5,8-11H2. The maximum Gasteiger partial charge on any atom is 0.273 e. The van der Waals surface area contributed by atoms with Crippen LogP contribution in [0.4, 0.5) is 0 Å². The number of benzene rings is 1. The number of piperidine rings is 1. The van der Waals surface area contributed by atoms with Crippen LogP contribution in [0.25, 0.3) is 0 Å². The van der Waals surface area contributed by atoms with Gasteiger partial charge in [0.25, 0.3) is 5.91 Å². The number of nitrogens with zero attached hydrogens (tertiary/aromatic N) is 2. The minimum absolute atomic E-state index is 0.106. The van der Waals surface area contributed by atoms with E-state index >= 15 is 0 Å². The molecule has 21 heavy (non-hydrogen) atoms. The molecule has 1 unspecified atom stereocenters. The fourth-order valence-corrected chi connectivity index (χ4v) is 3.54. The maximum absolute atomic E-state index is 12.6. The van der Waals surface area contributed by atoms with Crippen molar-refractivity contribution < 1.29 is 4.79 Å². The second-order valence-electron chi connectivity index (χ2n) is 5.55. The fourth-order valence-electron chi connectivity index (χ4n) is 3.01. The van der Waals surface area contributed by atoms with Crippen molar-refractivity contribution in [3.8, 4) is 0 Å². The van der Waals surface area contributed by atoms with Crippen LogP contribution in [0.15, 0.2) is 41.2 Å². The average molecular weight is 300 g/mol. The third-order valence-electron chi connectivity index (χ3n) is 4.15. The molecule has 4 heteroatoms. The topological polar surface area (TPSA) is 33.2 Å². The van der Waals surface area contributed by atoms with E-state index in [9.17, 15) is 4.79 Å². The summed E-state index contributed by atoms with van der Waals surface area (Å²) in [4.78, 5) is 18.8. The van der Waals surface area contributed by atoms with E-state index in [1.807, 2.05) is 16.3 Å². The van der Waals surface area contributed by atoms with Crippen molar-refractivity contribution in [3.63, 3.8) is 0 Å². The molecule has 1 atom stereocenters. The van der Waals surface area contributed by atoms with Crippen LogP contribution in [-0.4, -0.2) is 28.4 Å². The number of rotatable bonds is 4. The van der Waals surface area contributed by atoms with Gasteiger partial charge in [-0.2, -0.15) is 0 Å². The molecular weight excluding hydrogens is 280 g/mol. The smallest absolute Gasteiger partial charge is 0.273 e. The van der Waals surface area contributed by atoms with E-state index in [0.717, 1.165) is 32.2 Å². The van der Waals surface area contributed by atoms with Crippen LogP contribution in [0.2, 0.25) is 0 Å². The second-order valence-corrected chi connectivity index (χ2v) is 6.26. The van der Waals surface area contributed by atoms with Crippen LogP contribution < -0.4 is 0 Å². The largest absolute Gasteiger partial charge is 0.334 e. The van der Waals surface area contributed by atoms with Crippen LogP contribution >= 0.6 is 11.3 Å². The fraction of sp³-hybridized carbons (Fsp3) is 0.412. The van der Waals surface area contributed by atoms with Gasteiger partial charge in [0.15, 0.2) is 0 Å². The van der Waals surface area contributed by atoms with Crippen LogP contribution in [0.1, 0.15) is 41.7 Å². The molecule has 0 N–H and O–H groups in total. The van der Waals surface area contributed by atoms with Crippen molar-refractivity contribution in [3.05, 3.63) is 52.5 Å². The van der Waals surface area contributed by atoms with E-state index in [0.29, 0.717) is 11.7 Å². The van der Waals surface area contributed by atoms with Crippen molar-refractivity contribution in [2.24, 2.45) is 0 Å². The number of carbonyl (C=O) groups excluding carboxylic acids is 1. The molecule has 2 heterocycles. The zero-order chi connectivity index (χ0) is 14.5. The number of carbonyl (C=O) groups is 1. The molecule has 0 saturated carbocycles. The third-order valence-corrected chi connectivity index (χ3v) is 4.73. The van der Waals surface area contributed by atoms with E-state index in [4.69, 9.17) is 0 Å². The van der Waals surface area contributed by atoms with Crippen LogP contribution in [0.3, 0.4) is 0 Å². The summed E-state index contributed by atoms with van der Waals surface area (Å²) in [5.74, 6) is 0.106. The summed E-state index contributed by atoms with van der Waals surface area (Å²) in [5, 5.41) is 1.85. The Kier molecular flexibility index (Phi) is 4.65. The van der Waals surface area contributed by atoms with Gasteiger partial charge in [0.05, 0.1) is 5.51 Å². The monoisotopic (exact) mass is 300 g/mol. The highest BCUT2D eigenvalue weighted by molar-refractivity contribution is 7.07. The van der Waals surface area contributed by atoms with Crippen molar-refractivity contribution >= 4 is 17.2 Å². The lowest BCUT2D eigenvalue weighted by atomic mass is 9.95. The first-order valence-corrected chi connectivity index (χ1v) is 8.52. The zero-order valence-electron chi connectivity index (χ0n) is 12.1. The summed E-state index contributed by atoms with van der Waals surface area (Å²) >= 11 is 1.48. The van der Waals surface area contributed by atoms with Gasteiger partial charge in [-0.1, -0.05) is 30.3 Å². The minimum Gasteiger partial charge on any atom is -0.334 e. The van der Waals surface area contributed by atoms with Crippen molar-refractivity contribution in [2.75, 3.05) is 6.54 Å². The molecule has 1 aliphatic heterocycles. The van der Waals surface area contributed by atoms with E-state index in [2.05, 4.69) is 29.2 Å². The maximum atomic E-state index is 12.6. The highest BCUT2D eigenvalue weighted by Crippen LogP contribution is 2.23. The van der Waals surface area contributed by atoms with Gasteiger partial charge >= 0.3 is 0 Å². The summed E-state index contributed by atoms with van der Waals surface area (Å²) in [7, 11) is 0. The number of hydrogen-bond acceptors (Lipinski definition) is 3. The number of likely N-dealkylation sites (tertiary alicyclic amines) is 1. The lowest BCUT2D eigenvalue weighted by Gasteiger charge is -2.35. The van der Waals surface area contributed by atoms with Gasteiger partial charge in [-0.15, -0.1) is 11.3 Å². The highest BCUT2D eigenvalue weighted by atomic mass is 32.1. The Bertz CT molecular complexity index is 568. The van der Waals surface area contributed by atoms with E-state index < -0.39 is 0 Å². The molecule has 1 aromatic carbocycles. The van der Waals surface area contributed by atoms with Gasteiger partial charge in [-0.05, 0) is 37.7 Å². The molecular formula is C17H20N2OS. The van der Waals surface area contributed by atoms with Gasteiger partial charge in [0.2, 0.25) is 0 Å². The molecule has 0 bridgehead atoms. The summed E-state index contributed by atoms with van der Waals surface area (Å²) in [6.45, 7) is 0.871. The number of thiazole rings is 1. The van der Waals surface area contributed by atoms with Crippen molar-refractivity contribution in [1.29, 1.82) is 0 Å². The first kappa shape index (κ1) is 14.3. The SMILES string of the molecule is O=C(c1cscn1)N1CCCCC1CCc1ccccc1. The Labute approximate surface area is 129 Å². The molecule has 1 saturated heterocycles. The van der Waals surface area contributed by atoms with Crippen LogP contribution in [0, 0.1) is 0 Å². The van der Waals surface area contributed by atoms with Gasteiger partial charge in [-0.25, -0.2) is 4.98 Å². The molecule has 0 spiro atoms. The third kappa shape index (κ3) is 3.50. The van der Waals surface area contributed by atoms with Gasteiger partial charge in [0.1, 0.15) is 5.69 Å². The highest BCUT2D eigenvalue weighted by Gasteiger charge is 2.27. The van der Waals surface area contributed by atoms with Gasteiger partial charge in [-0.3, -0.25) is 4.79 Å². The first-order chi connectivity index (χ1) is 10.3. The summed E-state index contributed by atoms with van der Waals surface area (Å²) in [6, 6.07) is 10.9. The number of aryl methyl sites for hydroxylation is 1. The number of hydrogen-bond donors (Lipinski definition) is 0. The van der Waals surface area contributed by atoms with E-state index in [1.54, 1.807) is 5.51 Å². The van der Waals surface area contributed by atoms with Gasteiger partial charge in [0, 0.05) is 18.0 Å². The molecule has 1 fully saturated rings. The van der Waals surface area contributed by atoms with Gasteiger partial charge < -0.3 is 4.90 Å². The molecule has 110 valence electrons. The predicted molar refractivity (Wildman–Crippen MR) is 85.6 cm³/mol. The molecule has 0 radical (unpaired) electrons. The first-order valence-electron chi connectivity index (χ1n) is 7.57. The Balaban J connectivity index is 1.65. The predicted octanol–water partition coefficient (Wildman–Crippen LogP) is 3.77. The Morgan fingerprint density at radius 3 is 2.90 bits per heavy atom. The van der Waals surface area contributed by atoms with Crippen LogP contribution in [0.5, 0.6) is 0 Å². The summed E-state index contributed by atoms with van der Waals surface area (Å²) in [5.41, 5.74) is 3.69. The van der Waals surface area contributed by atoms with Crippen molar-refractivity contribution in [1.82, 2.24) is 9.88 Å². The number of amides is 1. The molecule has 1 aliphatic rings. The normalized spacial score (nSPS) is 18.7. The Morgan fingerprint density at radius 1 is 1.29 bits per heavy atom. The van der Waals surface area contributed by atoms with E-state index in [1.165, 1.54) is 23.3 Å². The minimum atomic E-state index is 0.106. The second kappa shape index (κ2) is 6.85.